The van der Waals surface area contributed by atoms with E-state index < -0.39 is 0 Å². The summed E-state index contributed by atoms with van der Waals surface area (Å²) in [4.78, 5) is 24.1. The number of anilines is 1. The van der Waals surface area contributed by atoms with Gasteiger partial charge in [-0.1, -0.05) is 6.42 Å². The Balaban J connectivity index is 1.52. The molecule has 0 radical (unpaired) electrons. The maximum absolute atomic E-state index is 12.5. The molecular formula is C17H25N3O4. The number of esters is 1. The maximum atomic E-state index is 12.5. The molecule has 24 heavy (non-hydrogen) atoms. The fourth-order valence-corrected chi connectivity index (χ4v) is 3.58. The van der Waals surface area contributed by atoms with Gasteiger partial charge in [0.15, 0.2) is 0 Å². The summed E-state index contributed by atoms with van der Waals surface area (Å²) >= 11 is 0. The molecule has 7 heteroatoms. The van der Waals surface area contributed by atoms with E-state index in [-0.39, 0.29) is 29.8 Å². The van der Waals surface area contributed by atoms with E-state index in [0.29, 0.717) is 18.7 Å². The van der Waals surface area contributed by atoms with E-state index in [1.165, 1.54) is 7.11 Å². The van der Waals surface area contributed by atoms with Crippen molar-refractivity contribution in [3.8, 4) is 0 Å². The number of carbonyl (C=O) groups excluding carboxylic acids is 2. The average molecular weight is 335 g/mol. The molecule has 1 saturated carbocycles. The normalized spacial score (nSPS) is 27.0. The zero-order valence-corrected chi connectivity index (χ0v) is 14.1. The molecule has 3 atom stereocenters. The van der Waals surface area contributed by atoms with Gasteiger partial charge in [0.2, 0.25) is 5.91 Å². The van der Waals surface area contributed by atoms with Crippen LogP contribution in [0.2, 0.25) is 0 Å². The predicted molar refractivity (Wildman–Crippen MR) is 87.3 cm³/mol. The highest BCUT2D eigenvalue weighted by Crippen LogP contribution is 2.30. The number of hydrogen-bond donors (Lipinski definition) is 1. The zero-order chi connectivity index (χ0) is 16.9. The van der Waals surface area contributed by atoms with E-state index in [2.05, 4.69) is 10.4 Å². The van der Waals surface area contributed by atoms with Crippen LogP contribution in [0.15, 0.2) is 12.4 Å². The van der Waals surface area contributed by atoms with Gasteiger partial charge < -0.3 is 14.8 Å². The monoisotopic (exact) mass is 335 g/mol. The second-order valence-corrected chi connectivity index (χ2v) is 6.66. The molecule has 7 nitrogen and oxygen atoms in total. The Morgan fingerprint density at radius 3 is 2.92 bits per heavy atom. The number of carbonyl (C=O) groups is 2. The van der Waals surface area contributed by atoms with Gasteiger partial charge in [0, 0.05) is 18.7 Å². The maximum Gasteiger partial charge on any atom is 0.308 e. The predicted octanol–water partition coefficient (Wildman–Crippen LogP) is 1.98. The second-order valence-electron chi connectivity index (χ2n) is 6.66. The Morgan fingerprint density at radius 1 is 1.33 bits per heavy atom. The molecule has 1 N–H and O–H groups in total. The van der Waals surface area contributed by atoms with Crippen molar-refractivity contribution in [1.82, 2.24) is 9.78 Å². The number of aromatic nitrogens is 2. The number of rotatable bonds is 5. The minimum atomic E-state index is -0.211. The standard InChI is InChI=1S/C17H25N3O4/c1-23-17(22)13-5-2-4-12(8-13)16(21)19-14-9-18-20(10-14)11-15-6-3-7-24-15/h9-10,12-13,15H,2-8,11H2,1H3,(H,19,21)/t12-,13+,15+/m0/s1. The first kappa shape index (κ1) is 17.0. The lowest BCUT2D eigenvalue weighted by Gasteiger charge is -2.26. The molecule has 2 fully saturated rings. The molecule has 3 rings (SSSR count). The first-order valence-corrected chi connectivity index (χ1v) is 8.68. The molecule has 1 saturated heterocycles. The molecule has 132 valence electrons. The van der Waals surface area contributed by atoms with Crippen LogP contribution in [0, 0.1) is 11.8 Å². The minimum absolute atomic E-state index is 0.0414. The molecule has 0 aromatic carbocycles. The Morgan fingerprint density at radius 2 is 2.17 bits per heavy atom. The summed E-state index contributed by atoms with van der Waals surface area (Å²) in [6.07, 6.45) is 8.90. The second kappa shape index (κ2) is 7.79. The van der Waals surface area contributed by atoms with Crippen molar-refractivity contribution >= 4 is 17.6 Å². The smallest absolute Gasteiger partial charge is 0.308 e. The van der Waals surface area contributed by atoms with Crippen LogP contribution >= 0.6 is 0 Å². The fourth-order valence-electron chi connectivity index (χ4n) is 3.58. The molecule has 0 bridgehead atoms. The lowest BCUT2D eigenvalue weighted by molar-refractivity contribution is -0.147. The summed E-state index contributed by atoms with van der Waals surface area (Å²) in [7, 11) is 1.40. The third-order valence-corrected chi connectivity index (χ3v) is 4.89. The summed E-state index contributed by atoms with van der Waals surface area (Å²) in [6.45, 7) is 1.53. The molecular weight excluding hydrogens is 310 g/mol. The largest absolute Gasteiger partial charge is 0.469 e. The number of nitrogens with zero attached hydrogens (tertiary/aromatic N) is 2. The van der Waals surface area contributed by atoms with Crippen LogP contribution in [-0.2, 0) is 25.6 Å². The Labute approximate surface area is 141 Å². The number of nitrogens with one attached hydrogen (secondary N) is 1. The van der Waals surface area contributed by atoms with Gasteiger partial charge in [-0.05, 0) is 32.1 Å². The summed E-state index contributed by atoms with van der Waals surface area (Å²) < 4.78 is 12.2. The number of hydrogen-bond acceptors (Lipinski definition) is 5. The molecule has 2 aliphatic rings. The number of methoxy groups -OCH3 is 1. The molecule has 1 aromatic heterocycles. The van der Waals surface area contributed by atoms with E-state index in [9.17, 15) is 9.59 Å². The van der Waals surface area contributed by atoms with Crippen LogP contribution in [0.3, 0.4) is 0 Å². The van der Waals surface area contributed by atoms with Gasteiger partial charge in [0.25, 0.3) is 0 Å². The summed E-state index contributed by atoms with van der Waals surface area (Å²) in [5, 5.41) is 7.20. The molecule has 0 unspecified atom stereocenters. The quantitative estimate of drug-likeness (QED) is 0.832. The molecule has 2 heterocycles. The van der Waals surface area contributed by atoms with Gasteiger partial charge in [-0.2, -0.15) is 5.10 Å². The topological polar surface area (TPSA) is 82.5 Å². The fraction of sp³-hybridized carbons (Fsp3) is 0.706. The lowest BCUT2D eigenvalue weighted by atomic mass is 9.81. The van der Waals surface area contributed by atoms with Gasteiger partial charge in [-0.3, -0.25) is 14.3 Å². The number of ether oxygens (including phenoxy) is 2. The van der Waals surface area contributed by atoms with Crippen molar-refractivity contribution in [2.45, 2.75) is 51.2 Å². The van der Waals surface area contributed by atoms with Crippen LogP contribution in [0.5, 0.6) is 0 Å². The van der Waals surface area contributed by atoms with Crippen LogP contribution in [-0.4, -0.2) is 41.5 Å². The third-order valence-electron chi connectivity index (χ3n) is 4.89. The summed E-state index contributed by atoms with van der Waals surface area (Å²) in [6, 6.07) is 0. The van der Waals surface area contributed by atoms with Crippen LogP contribution in [0.4, 0.5) is 5.69 Å². The highest BCUT2D eigenvalue weighted by atomic mass is 16.5. The summed E-state index contributed by atoms with van der Waals surface area (Å²) in [5.41, 5.74) is 0.693. The Kier molecular flexibility index (Phi) is 5.50. The molecule has 1 aliphatic carbocycles. The van der Waals surface area contributed by atoms with Gasteiger partial charge in [0.1, 0.15) is 0 Å². The lowest BCUT2D eigenvalue weighted by Crippen LogP contribution is -2.31. The molecule has 1 aliphatic heterocycles. The van der Waals surface area contributed by atoms with Crippen molar-refractivity contribution < 1.29 is 19.1 Å². The van der Waals surface area contributed by atoms with Crippen molar-refractivity contribution in [3.05, 3.63) is 12.4 Å². The van der Waals surface area contributed by atoms with E-state index in [0.717, 1.165) is 38.7 Å². The van der Waals surface area contributed by atoms with E-state index >= 15 is 0 Å². The third kappa shape index (κ3) is 4.14. The van der Waals surface area contributed by atoms with Crippen LogP contribution in [0.25, 0.3) is 0 Å². The first-order valence-electron chi connectivity index (χ1n) is 8.68. The molecule has 1 amide bonds. The van der Waals surface area contributed by atoms with Gasteiger partial charge in [-0.25, -0.2) is 0 Å². The highest BCUT2D eigenvalue weighted by molar-refractivity contribution is 5.92. The van der Waals surface area contributed by atoms with Crippen molar-refractivity contribution in [2.75, 3.05) is 19.0 Å². The Bertz CT molecular complexity index is 580. The Hall–Kier alpha value is -1.89. The van der Waals surface area contributed by atoms with Crippen molar-refractivity contribution in [2.24, 2.45) is 11.8 Å². The van der Waals surface area contributed by atoms with E-state index in [4.69, 9.17) is 9.47 Å². The average Bonchev–Trinajstić information content (AvgIpc) is 3.27. The van der Waals surface area contributed by atoms with Gasteiger partial charge in [-0.15, -0.1) is 0 Å². The van der Waals surface area contributed by atoms with E-state index in [1.54, 1.807) is 6.20 Å². The first-order chi connectivity index (χ1) is 11.7. The molecule has 1 aromatic rings. The van der Waals surface area contributed by atoms with Crippen LogP contribution in [0.1, 0.15) is 38.5 Å². The highest BCUT2D eigenvalue weighted by Gasteiger charge is 2.31. The number of amides is 1. The SMILES string of the molecule is COC(=O)[C@@H]1CCC[C@H](C(=O)Nc2cnn(C[C@H]3CCCO3)c2)C1. The molecule has 0 spiro atoms. The van der Waals surface area contributed by atoms with Gasteiger partial charge >= 0.3 is 5.97 Å². The van der Waals surface area contributed by atoms with Gasteiger partial charge in [0.05, 0.1) is 37.6 Å². The minimum Gasteiger partial charge on any atom is -0.469 e. The van der Waals surface area contributed by atoms with E-state index in [1.807, 2.05) is 10.9 Å². The van der Waals surface area contributed by atoms with Crippen LogP contribution < -0.4 is 5.32 Å². The van der Waals surface area contributed by atoms with Crippen molar-refractivity contribution in [3.63, 3.8) is 0 Å². The summed E-state index contributed by atoms with van der Waals surface area (Å²) in [5.74, 6) is -0.566. The van der Waals surface area contributed by atoms with Crippen molar-refractivity contribution in [1.29, 1.82) is 0 Å². The zero-order valence-electron chi connectivity index (χ0n) is 14.1.